The lowest BCUT2D eigenvalue weighted by Crippen LogP contribution is -2.53. The molecule has 0 spiro atoms. The Labute approximate surface area is 159 Å². The maximum atomic E-state index is 12.2. The Bertz CT molecular complexity index is 831. The first-order valence-corrected chi connectivity index (χ1v) is 8.20. The van der Waals surface area contributed by atoms with Crippen molar-refractivity contribution in [2.45, 2.75) is 19.0 Å². The summed E-state index contributed by atoms with van der Waals surface area (Å²) >= 11 is 0. The van der Waals surface area contributed by atoms with Crippen LogP contribution in [-0.4, -0.2) is 23.9 Å². The second-order valence-corrected chi connectivity index (χ2v) is 5.66. The second kappa shape index (κ2) is 10.4. The number of carbonyl (C=O) groups excluding carboxylic acids is 2. The van der Waals surface area contributed by atoms with Gasteiger partial charge in [0.05, 0.1) is 0 Å². The van der Waals surface area contributed by atoms with Crippen LogP contribution in [0.1, 0.15) is 28.4 Å². The molecule has 7 N–H and O–H groups in total. The lowest BCUT2D eigenvalue weighted by Gasteiger charge is -2.18. The molecule has 0 aliphatic carbocycles. The highest BCUT2D eigenvalue weighted by atomic mass is 16.2. The lowest BCUT2D eigenvalue weighted by molar-refractivity contribution is -0.120. The van der Waals surface area contributed by atoms with Crippen LogP contribution in [0.5, 0.6) is 0 Å². The summed E-state index contributed by atoms with van der Waals surface area (Å²) in [5, 5.41) is 2.53. The van der Waals surface area contributed by atoms with Crippen LogP contribution in [0, 0.1) is 11.8 Å². The quantitative estimate of drug-likeness (QED) is 0.372. The number of hydrogen-bond donors (Lipinski definition) is 4. The molecule has 0 saturated heterocycles. The number of amides is 2. The summed E-state index contributed by atoms with van der Waals surface area (Å²) in [5.74, 6) is 4.93. The highest BCUT2D eigenvalue weighted by Crippen LogP contribution is 2.07. The minimum absolute atomic E-state index is 0.393. The Morgan fingerprint density at radius 3 is 1.81 bits per heavy atom. The van der Waals surface area contributed by atoms with E-state index >= 15 is 0 Å². The zero-order valence-electron chi connectivity index (χ0n) is 15.2. The summed E-state index contributed by atoms with van der Waals surface area (Å²) in [7, 11) is 0. The van der Waals surface area contributed by atoms with Gasteiger partial charge in [0, 0.05) is 28.4 Å². The van der Waals surface area contributed by atoms with Crippen LogP contribution in [0.2, 0.25) is 0 Å². The number of nitrogen functional groups attached to an aromatic ring is 1. The third-order valence-corrected chi connectivity index (χ3v) is 3.53. The maximum Gasteiger partial charge on any atom is 0.251 e. The summed E-state index contributed by atoms with van der Waals surface area (Å²) in [6.07, 6.45) is 0. The molecule has 0 aliphatic rings. The van der Waals surface area contributed by atoms with Crippen molar-refractivity contribution in [3.63, 3.8) is 0 Å². The molecule has 2 atom stereocenters. The molecular weight excluding hydrogens is 340 g/mol. The van der Waals surface area contributed by atoms with Crippen molar-refractivity contribution in [2.24, 2.45) is 11.5 Å². The number of nitrogens with two attached hydrogens (primary N) is 3. The summed E-state index contributed by atoms with van der Waals surface area (Å²) in [6, 6.07) is 12.4. The van der Waals surface area contributed by atoms with E-state index in [0.29, 0.717) is 11.3 Å². The number of carbonyl (C=O) groups is 2. The molecule has 27 heavy (non-hydrogen) atoms. The second-order valence-electron chi connectivity index (χ2n) is 5.66. The third kappa shape index (κ3) is 6.69. The first-order chi connectivity index (χ1) is 12.9. The topological polar surface area (TPSA) is 124 Å². The van der Waals surface area contributed by atoms with E-state index in [1.54, 1.807) is 43.3 Å². The fourth-order valence-electron chi connectivity index (χ4n) is 2.10. The van der Waals surface area contributed by atoms with Crippen molar-refractivity contribution >= 4 is 17.5 Å². The standard InChI is InChI=1S/C19H20N4O2.C2H4/c1-12(20)17(18(22)24)23-19(25)15-8-4-13(5-9-15)2-3-14-6-10-16(21)11-7-14;1-2/h4-12,17H,20-21H2,1H3,(H2,22,24)(H,23,25);1-2H2. The van der Waals surface area contributed by atoms with Crippen LogP contribution in [0.3, 0.4) is 0 Å². The molecule has 0 heterocycles. The van der Waals surface area contributed by atoms with Gasteiger partial charge in [-0.1, -0.05) is 11.8 Å². The molecule has 2 unspecified atom stereocenters. The lowest BCUT2D eigenvalue weighted by atomic mass is 10.1. The number of rotatable bonds is 4. The number of nitrogens with one attached hydrogen (secondary N) is 1. The average molecular weight is 364 g/mol. The molecule has 0 aliphatic heterocycles. The first-order valence-electron chi connectivity index (χ1n) is 8.20. The highest BCUT2D eigenvalue weighted by Gasteiger charge is 2.22. The molecule has 2 aromatic rings. The number of hydrogen-bond acceptors (Lipinski definition) is 4. The Morgan fingerprint density at radius 1 is 0.963 bits per heavy atom. The van der Waals surface area contributed by atoms with E-state index in [4.69, 9.17) is 17.2 Å². The Balaban J connectivity index is 0.00000176. The van der Waals surface area contributed by atoms with Gasteiger partial charge in [0.15, 0.2) is 0 Å². The van der Waals surface area contributed by atoms with Gasteiger partial charge in [0.1, 0.15) is 6.04 Å². The van der Waals surface area contributed by atoms with Crippen molar-refractivity contribution in [1.29, 1.82) is 0 Å². The van der Waals surface area contributed by atoms with E-state index < -0.39 is 23.9 Å². The fourth-order valence-corrected chi connectivity index (χ4v) is 2.10. The highest BCUT2D eigenvalue weighted by molar-refractivity contribution is 5.97. The van der Waals surface area contributed by atoms with Gasteiger partial charge in [-0.3, -0.25) is 9.59 Å². The minimum Gasteiger partial charge on any atom is -0.399 e. The summed E-state index contributed by atoms with van der Waals surface area (Å²) < 4.78 is 0. The van der Waals surface area contributed by atoms with Gasteiger partial charge in [-0.05, 0) is 55.5 Å². The van der Waals surface area contributed by atoms with Crippen LogP contribution < -0.4 is 22.5 Å². The van der Waals surface area contributed by atoms with E-state index in [1.807, 2.05) is 12.1 Å². The molecule has 6 nitrogen and oxygen atoms in total. The van der Waals surface area contributed by atoms with Crippen molar-refractivity contribution in [3.05, 3.63) is 78.4 Å². The zero-order valence-corrected chi connectivity index (χ0v) is 15.2. The van der Waals surface area contributed by atoms with E-state index in [1.165, 1.54) is 0 Å². The minimum atomic E-state index is -0.919. The molecule has 0 saturated carbocycles. The molecule has 6 heteroatoms. The summed E-state index contributed by atoms with van der Waals surface area (Å²) in [6.45, 7) is 7.60. The predicted octanol–water partition coefficient (Wildman–Crippen LogP) is 1.40. The van der Waals surface area contributed by atoms with Gasteiger partial charge in [0.25, 0.3) is 5.91 Å². The van der Waals surface area contributed by atoms with Gasteiger partial charge >= 0.3 is 0 Å². The maximum absolute atomic E-state index is 12.2. The molecule has 140 valence electrons. The Kier molecular flexibility index (Phi) is 8.30. The summed E-state index contributed by atoms with van der Waals surface area (Å²) in [5.41, 5.74) is 19.2. The van der Waals surface area contributed by atoms with Gasteiger partial charge in [-0.2, -0.15) is 0 Å². The Morgan fingerprint density at radius 2 is 1.41 bits per heavy atom. The van der Waals surface area contributed by atoms with E-state index in [-0.39, 0.29) is 0 Å². The Hall–Kier alpha value is -3.56. The van der Waals surface area contributed by atoms with Crippen LogP contribution >= 0.6 is 0 Å². The number of benzene rings is 2. The van der Waals surface area contributed by atoms with Gasteiger partial charge < -0.3 is 22.5 Å². The van der Waals surface area contributed by atoms with Crippen molar-refractivity contribution in [3.8, 4) is 11.8 Å². The van der Waals surface area contributed by atoms with Crippen molar-refractivity contribution < 1.29 is 9.59 Å². The average Bonchev–Trinajstić information content (AvgIpc) is 2.67. The first kappa shape index (κ1) is 21.5. The van der Waals surface area contributed by atoms with Crippen LogP contribution in [0.4, 0.5) is 5.69 Å². The monoisotopic (exact) mass is 364 g/mol. The third-order valence-electron chi connectivity index (χ3n) is 3.53. The normalized spacial score (nSPS) is 11.6. The van der Waals surface area contributed by atoms with Gasteiger partial charge in [-0.15, -0.1) is 13.2 Å². The fraction of sp³-hybridized carbons (Fsp3) is 0.143. The van der Waals surface area contributed by atoms with Crippen LogP contribution in [0.25, 0.3) is 0 Å². The zero-order chi connectivity index (χ0) is 20.4. The number of anilines is 1. The molecule has 2 aromatic carbocycles. The SMILES string of the molecule is C=C.CC(N)C(NC(=O)c1ccc(C#Cc2ccc(N)cc2)cc1)C(N)=O. The largest absolute Gasteiger partial charge is 0.399 e. The molecule has 0 aromatic heterocycles. The molecule has 2 amide bonds. The van der Waals surface area contributed by atoms with Crippen molar-refractivity contribution in [2.75, 3.05) is 5.73 Å². The molecular formula is C21H24N4O2. The van der Waals surface area contributed by atoms with Gasteiger partial charge in [-0.25, -0.2) is 0 Å². The van der Waals surface area contributed by atoms with Crippen LogP contribution in [-0.2, 0) is 4.79 Å². The number of primary amides is 1. The molecule has 2 rings (SSSR count). The van der Waals surface area contributed by atoms with Gasteiger partial charge in [0.2, 0.25) is 5.91 Å². The predicted molar refractivity (Wildman–Crippen MR) is 109 cm³/mol. The van der Waals surface area contributed by atoms with Crippen molar-refractivity contribution in [1.82, 2.24) is 5.32 Å². The molecule has 0 radical (unpaired) electrons. The van der Waals surface area contributed by atoms with E-state index in [2.05, 4.69) is 30.3 Å². The van der Waals surface area contributed by atoms with Crippen LogP contribution in [0.15, 0.2) is 61.7 Å². The molecule has 0 bridgehead atoms. The molecule has 0 fully saturated rings. The van der Waals surface area contributed by atoms with E-state index in [9.17, 15) is 9.59 Å². The van der Waals surface area contributed by atoms with E-state index in [0.717, 1.165) is 11.1 Å². The summed E-state index contributed by atoms with van der Waals surface area (Å²) in [4.78, 5) is 23.5. The smallest absolute Gasteiger partial charge is 0.251 e.